The molecule has 2 rings (SSSR count). The fourth-order valence-corrected chi connectivity index (χ4v) is 2.64. The van der Waals surface area contributed by atoms with E-state index in [1.807, 2.05) is 11.8 Å². The van der Waals surface area contributed by atoms with E-state index in [-0.39, 0.29) is 0 Å². The van der Waals surface area contributed by atoms with Crippen molar-refractivity contribution >= 4 is 29.4 Å². The van der Waals surface area contributed by atoms with Crippen LogP contribution < -0.4 is 4.90 Å². The summed E-state index contributed by atoms with van der Waals surface area (Å²) in [4.78, 5) is 6.52. The predicted molar refractivity (Wildman–Crippen MR) is 60.2 cm³/mol. The summed E-state index contributed by atoms with van der Waals surface area (Å²) >= 11 is 7.65. The number of rotatable bonds is 2. The third-order valence-electron chi connectivity index (χ3n) is 2.29. The van der Waals surface area contributed by atoms with E-state index in [1.165, 1.54) is 0 Å². The second kappa shape index (κ2) is 4.45. The molecule has 1 aliphatic heterocycles. The normalized spacial score (nSPS) is 22.7. The van der Waals surface area contributed by atoms with Gasteiger partial charge in [-0.25, -0.2) is 0 Å². The SMILES string of the molecule is CC1CSCCN1c1nc(CCl)co1. The van der Waals surface area contributed by atoms with Gasteiger partial charge in [0.05, 0.1) is 11.6 Å². The lowest BCUT2D eigenvalue weighted by Gasteiger charge is -2.31. The van der Waals surface area contributed by atoms with Gasteiger partial charge in [0.25, 0.3) is 6.01 Å². The predicted octanol–water partition coefficient (Wildman–Crippen LogP) is 2.36. The molecule has 1 saturated heterocycles. The van der Waals surface area contributed by atoms with Gasteiger partial charge < -0.3 is 9.32 Å². The van der Waals surface area contributed by atoms with E-state index in [0.29, 0.717) is 17.9 Å². The van der Waals surface area contributed by atoms with Crippen molar-refractivity contribution in [2.24, 2.45) is 0 Å². The minimum absolute atomic E-state index is 0.417. The minimum atomic E-state index is 0.417. The average Bonchev–Trinajstić information content (AvgIpc) is 2.67. The van der Waals surface area contributed by atoms with Crippen LogP contribution in [-0.2, 0) is 5.88 Å². The molecular weight excluding hydrogens is 220 g/mol. The molecule has 5 heteroatoms. The van der Waals surface area contributed by atoms with Crippen molar-refractivity contribution in [1.29, 1.82) is 0 Å². The number of nitrogens with zero attached hydrogens (tertiary/aromatic N) is 2. The fourth-order valence-electron chi connectivity index (χ4n) is 1.50. The lowest BCUT2D eigenvalue weighted by atomic mass is 10.3. The van der Waals surface area contributed by atoms with Crippen LogP contribution in [0.1, 0.15) is 12.6 Å². The number of hydrogen-bond donors (Lipinski definition) is 0. The summed E-state index contributed by atoms with van der Waals surface area (Å²) in [5, 5.41) is 0. The van der Waals surface area contributed by atoms with Gasteiger partial charge >= 0.3 is 0 Å². The summed E-state index contributed by atoms with van der Waals surface area (Å²) in [5.74, 6) is 2.70. The standard InChI is InChI=1S/C9H13ClN2OS/c1-7-6-14-3-2-12(7)9-11-8(4-10)5-13-9/h5,7H,2-4,6H2,1H3. The maximum Gasteiger partial charge on any atom is 0.297 e. The molecule has 1 unspecified atom stereocenters. The molecule has 1 aliphatic rings. The zero-order valence-electron chi connectivity index (χ0n) is 8.07. The molecule has 3 nitrogen and oxygen atoms in total. The van der Waals surface area contributed by atoms with Gasteiger partial charge in [0.2, 0.25) is 0 Å². The summed E-state index contributed by atoms with van der Waals surface area (Å²) < 4.78 is 5.39. The summed E-state index contributed by atoms with van der Waals surface area (Å²) in [5.41, 5.74) is 0.812. The Morgan fingerprint density at radius 2 is 2.64 bits per heavy atom. The molecule has 0 bridgehead atoms. The number of halogens is 1. The van der Waals surface area contributed by atoms with Crippen LogP contribution in [0.3, 0.4) is 0 Å². The molecule has 2 heterocycles. The third-order valence-corrected chi connectivity index (χ3v) is 3.75. The molecule has 1 atom stereocenters. The summed E-state index contributed by atoms with van der Waals surface area (Å²) in [7, 11) is 0. The lowest BCUT2D eigenvalue weighted by Crippen LogP contribution is -2.40. The molecule has 0 amide bonds. The Labute approximate surface area is 92.8 Å². The number of aromatic nitrogens is 1. The Balaban J connectivity index is 2.12. The van der Waals surface area contributed by atoms with Gasteiger partial charge in [-0.2, -0.15) is 16.7 Å². The van der Waals surface area contributed by atoms with Crippen LogP contribution in [0.2, 0.25) is 0 Å². The maximum absolute atomic E-state index is 5.67. The highest BCUT2D eigenvalue weighted by atomic mass is 35.5. The van der Waals surface area contributed by atoms with Crippen LogP contribution in [0.25, 0.3) is 0 Å². The highest BCUT2D eigenvalue weighted by Gasteiger charge is 2.22. The molecular formula is C9H13ClN2OS. The zero-order valence-corrected chi connectivity index (χ0v) is 9.64. The lowest BCUT2D eigenvalue weighted by molar-refractivity contribution is 0.516. The van der Waals surface area contributed by atoms with Crippen LogP contribution in [0, 0.1) is 0 Å². The van der Waals surface area contributed by atoms with Crippen molar-refractivity contribution in [2.45, 2.75) is 18.8 Å². The van der Waals surface area contributed by atoms with E-state index in [1.54, 1.807) is 6.26 Å². The molecule has 78 valence electrons. The molecule has 0 spiro atoms. The van der Waals surface area contributed by atoms with E-state index >= 15 is 0 Å². The molecule has 1 fully saturated rings. The van der Waals surface area contributed by atoms with Gasteiger partial charge in [0.15, 0.2) is 0 Å². The summed E-state index contributed by atoms with van der Waals surface area (Å²) in [6.45, 7) is 3.20. The van der Waals surface area contributed by atoms with Crippen LogP contribution in [0.15, 0.2) is 10.7 Å². The van der Waals surface area contributed by atoms with Crippen molar-refractivity contribution < 1.29 is 4.42 Å². The van der Waals surface area contributed by atoms with Gasteiger partial charge in [-0.15, -0.1) is 11.6 Å². The topological polar surface area (TPSA) is 29.3 Å². The first kappa shape index (κ1) is 10.2. The summed E-state index contributed by atoms with van der Waals surface area (Å²) in [6.07, 6.45) is 1.64. The van der Waals surface area contributed by atoms with E-state index < -0.39 is 0 Å². The molecule has 1 aromatic rings. The Hall–Kier alpha value is -0.350. The fraction of sp³-hybridized carbons (Fsp3) is 0.667. The highest BCUT2D eigenvalue weighted by molar-refractivity contribution is 7.99. The van der Waals surface area contributed by atoms with Crippen molar-refractivity contribution in [3.63, 3.8) is 0 Å². The number of anilines is 1. The molecule has 0 N–H and O–H groups in total. The van der Waals surface area contributed by atoms with Crippen LogP contribution in [-0.4, -0.2) is 29.1 Å². The second-order valence-electron chi connectivity index (χ2n) is 3.37. The monoisotopic (exact) mass is 232 g/mol. The second-order valence-corrected chi connectivity index (χ2v) is 4.79. The maximum atomic E-state index is 5.67. The van der Waals surface area contributed by atoms with Crippen molar-refractivity contribution in [1.82, 2.24) is 4.98 Å². The Bertz CT molecular complexity index is 305. The minimum Gasteiger partial charge on any atom is -0.432 e. The van der Waals surface area contributed by atoms with E-state index in [9.17, 15) is 0 Å². The van der Waals surface area contributed by atoms with Crippen LogP contribution in [0.4, 0.5) is 6.01 Å². The van der Waals surface area contributed by atoms with E-state index in [2.05, 4.69) is 16.8 Å². The molecule has 0 radical (unpaired) electrons. The Morgan fingerprint density at radius 3 is 3.29 bits per heavy atom. The molecule has 1 aromatic heterocycles. The van der Waals surface area contributed by atoms with Crippen molar-refractivity contribution in [3.05, 3.63) is 12.0 Å². The molecule has 0 aromatic carbocycles. The van der Waals surface area contributed by atoms with E-state index in [0.717, 1.165) is 23.7 Å². The summed E-state index contributed by atoms with van der Waals surface area (Å²) in [6, 6.07) is 1.21. The van der Waals surface area contributed by atoms with Crippen molar-refractivity contribution in [3.8, 4) is 0 Å². The van der Waals surface area contributed by atoms with E-state index in [4.69, 9.17) is 16.0 Å². The highest BCUT2D eigenvalue weighted by Crippen LogP contribution is 2.23. The van der Waals surface area contributed by atoms with Gasteiger partial charge in [0.1, 0.15) is 6.26 Å². The number of hydrogen-bond acceptors (Lipinski definition) is 4. The largest absolute Gasteiger partial charge is 0.432 e. The van der Waals surface area contributed by atoms with Gasteiger partial charge in [-0.3, -0.25) is 0 Å². The number of alkyl halides is 1. The smallest absolute Gasteiger partial charge is 0.297 e. The first-order chi connectivity index (χ1) is 6.81. The molecule has 14 heavy (non-hydrogen) atoms. The van der Waals surface area contributed by atoms with Gasteiger partial charge in [-0.1, -0.05) is 0 Å². The number of oxazole rings is 1. The quantitative estimate of drug-likeness (QED) is 0.733. The first-order valence-corrected chi connectivity index (χ1v) is 6.35. The van der Waals surface area contributed by atoms with Gasteiger partial charge in [0, 0.05) is 24.1 Å². The average molecular weight is 233 g/mol. The Morgan fingerprint density at radius 1 is 1.79 bits per heavy atom. The third kappa shape index (κ3) is 2.01. The zero-order chi connectivity index (χ0) is 9.97. The molecule has 0 aliphatic carbocycles. The van der Waals surface area contributed by atoms with Crippen LogP contribution in [0.5, 0.6) is 0 Å². The van der Waals surface area contributed by atoms with Crippen molar-refractivity contribution in [2.75, 3.05) is 23.0 Å². The first-order valence-electron chi connectivity index (χ1n) is 4.66. The molecule has 0 saturated carbocycles. The Kier molecular flexibility index (Phi) is 3.23. The van der Waals surface area contributed by atoms with Crippen LogP contribution >= 0.6 is 23.4 Å². The van der Waals surface area contributed by atoms with Gasteiger partial charge in [-0.05, 0) is 6.92 Å². The number of thioether (sulfide) groups is 1.